The number of anilines is 1. The summed E-state index contributed by atoms with van der Waals surface area (Å²) in [4.78, 5) is 0. The number of hydrogen-bond acceptors (Lipinski definition) is 2. The Morgan fingerprint density at radius 2 is 1.93 bits per heavy atom. The van der Waals surface area contributed by atoms with Crippen molar-refractivity contribution in [2.45, 2.75) is 25.7 Å². The average Bonchev–Trinajstić information content (AvgIpc) is 2.56. The molecule has 3 rings (SSSR count). The predicted octanol–water partition coefficient (Wildman–Crippen LogP) is 3.32. The zero-order chi connectivity index (χ0) is 9.54. The van der Waals surface area contributed by atoms with Gasteiger partial charge in [-0.15, -0.1) is 12.4 Å². The number of aryl methyl sites for hydroxylation is 2. The maximum absolute atomic E-state index is 5.79. The molecule has 0 spiro atoms. The molecule has 0 saturated carbocycles. The van der Waals surface area contributed by atoms with Gasteiger partial charge in [0, 0.05) is 23.1 Å². The minimum absolute atomic E-state index is 0. The maximum Gasteiger partial charge on any atom is 0.134 e. The van der Waals surface area contributed by atoms with E-state index in [2.05, 4.69) is 0 Å². The number of furan rings is 1. The van der Waals surface area contributed by atoms with Crippen LogP contribution < -0.4 is 5.73 Å². The van der Waals surface area contributed by atoms with Crippen LogP contribution in [0.15, 0.2) is 22.6 Å². The molecule has 1 aliphatic rings. The second kappa shape index (κ2) is 3.78. The van der Waals surface area contributed by atoms with Crippen molar-refractivity contribution in [1.29, 1.82) is 0 Å². The summed E-state index contributed by atoms with van der Waals surface area (Å²) < 4.78 is 5.79. The van der Waals surface area contributed by atoms with Crippen LogP contribution in [0, 0.1) is 0 Å². The number of halogens is 1. The highest BCUT2D eigenvalue weighted by Gasteiger charge is 2.17. The van der Waals surface area contributed by atoms with E-state index in [9.17, 15) is 0 Å². The lowest BCUT2D eigenvalue weighted by molar-refractivity contribution is 0.506. The van der Waals surface area contributed by atoms with Gasteiger partial charge in [0.25, 0.3) is 0 Å². The number of fused-ring (bicyclic) bond motifs is 3. The van der Waals surface area contributed by atoms with Gasteiger partial charge in [0.05, 0.1) is 0 Å². The molecule has 15 heavy (non-hydrogen) atoms. The third kappa shape index (κ3) is 1.59. The number of rotatable bonds is 0. The standard InChI is InChI=1S/C12H13NO.ClH/c13-8-5-6-12-10(7-8)9-3-1-2-4-11(9)14-12;/h5-7H,1-4,13H2;1H. The Bertz CT molecular complexity index is 490. The summed E-state index contributed by atoms with van der Waals surface area (Å²) in [5.74, 6) is 1.18. The molecule has 1 heterocycles. The molecule has 2 N–H and O–H groups in total. The number of nitrogen functional groups attached to an aromatic ring is 1. The van der Waals surface area contributed by atoms with Gasteiger partial charge < -0.3 is 10.2 Å². The molecule has 1 aromatic carbocycles. The molecule has 2 aromatic rings. The van der Waals surface area contributed by atoms with Crippen LogP contribution in [0.4, 0.5) is 5.69 Å². The molecule has 0 bridgehead atoms. The number of hydrogen-bond donors (Lipinski definition) is 1. The van der Waals surface area contributed by atoms with Crippen molar-refractivity contribution in [3.8, 4) is 0 Å². The fourth-order valence-electron chi connectivity index (χ4n) is 2.28. The van der Waals surface area contributed by atoms with E-state index in [-0.39, 0.29) is 12.4 Å². The molecule has 1 aliphatic carbocycles. The molecule has 0 amide bonds. The maximum atomic E-state index is 5.79. The first-order valence-corrected chi connectivity index (χ1v) is 5.14. The van der Waals surface area contributed by atoms with E-state index in [1.54, 1.807) is 0 Å². The molecule has 1 aromatic heterocycles. The lowest BCUT2D eigenvalue weighted by atomic mass is 9.96. The Labute approximate surface area is 94.9 Å². The van der Waals surface area contributed by atoms with Gasteiger partial charge in [-0.3, -0.25) is 0 Å². The van der Waals surface area contributed by atoms with Crippen molar-refractivity contribution >= 4 is 29.1 Å². The molecule has 0 unspecified atom stereocenters. The van der Waals surface area contributed by atoms with Crippen LogP contribution >= 0.6 is 12.4 Å². The van der Waals surface area contributed by atoms with Crippen molar-refractivity contribution in [2.24, 2.45) is 0 Å². The Balaban J connectivity index is 0.000000853. The third-order valence-electron chi connectivity index (χ3n) is 2.98. The number of benzene rings is 1. The largest absolute Gasteiger partial charge is 0.461 e. The molecule has 80 valence electrons. The van der Waals surface area contributed by atoms with E-state index >= 15 is 0 Å². The normalized spacial score (nSPS) is 14.7. The summed E-state index contributed by atoms with van der Waals surface area (Å²) in [6.45, 7) is 0. The van der Waals surface area contributed by atoms with E-state index in [0.717, 1.165) is 24.1 Å². The predicted molar refractivity (Wildman–Crippen MR) is 64.5 cm³/mol. The van der Waals surface area contributed by atoms with Crippen LogP contribution in [0.1, 0.15) is 24.2 Å². The summed E-state index contributed by atoms with van der Waals surface area (Å²) in [7, 11) is 0. The fourth-order valence-corrected chi connectivity index (χ4v) is 2.28. The van der Waals surface area contributed by atoms with Crippen molar-refractivity contribution in [1.82, 2.24) is 0 Å². The highest BCUT2D eigenvalue weighted by atomic mass is 35.5. The van der Waals surface area contributed by atoms with Gasteiger partial charge in [-0.25, -0.2) is 0 Å². The molecular weight excluding hydrogens is 210 g/mol. The van der Waals surface area contributed by atoms with E-state index in [4.69, 9.17) is 10.2 Å². The van der Waals surface area contributed by atoms with Gasteiger partial charge in [0.2, 0.25) is 0 Å². The summed E-state index contributed by atoms with van der Waals surface area (Å²) >= 11 is 0. The topological polar surface area (TPSA) is 39.2 Å². The van der Waals surface area contributed by atoms with Crippen molar-refractivity contribution in [2.75, 3.05) is 5.73 Å². The lowest BCUT2D eigenvalue weighted by Gasteiger charge is -2.08. The zero-order valence-electron chi connectivity index (χ0n) is 8.45. The van der Waals surface area contributed by atoms with Gasteiger partial charge in [-0.2, -0.15) is 0 Å². The molecule has 2 nitrogen and oxygen atoms in total. The SMILES string of the molecule is Cl.Nc1ccc2oc3c(c2c1)CCCC3. The number of nitrogens with two attached hydrogens (primary N) is 1. The van der Waals surface area contributed by atoms with Crippen molar-refractivity contribution in [3.63, 3.8) is 0 Å². The van der Waals surface area contributed by atoms with Crippen molar-refractivity contribution in [3.05, 3.63) is 29.5 Å². The van der Waals surface area contributed by atoms with Crippen molar-refractivity contribution < 1.29 is 4.42 Å². The lowest BCUT2D eigenvalue weighted by Crippen LogP contribution is -1.98. The first-order chi connectivity index (χ1) is 6.84. The van der Waals surface area contributed by atoms with Crippen LogP contribution in [0.3, 0.4) is 0 Å². The summed E-state index contributed by atoms with van der Waals surface area (Å²) in [5.41, 5.74) is 8.98. The second-order valence-electron chi connectivity index (χ2n) is 3.97. The Hall–Kier alpha value is -1.15. The van der Waals surface area contributed by atoms with E-state index in [1.165, 1.54) is 29.6 Å². The minimum Gasteiger partial charge on any atom is -0.461 e. The zero-order valence-corrected chi connectivity index (χ0v) is 9.27. The third-order valence-corrected chi connectivity index (χ3v) is 2.98. The molecule has 0 aliphatic heterocycles. The van der Waals surface area contributed by atoms with Crippen LogP contribution in [-0.2, 0) is 12.8 Å². The van der Waals surface area contributed by atoms with Gasteiger partial charge in [-0.1, -0.05) is 0 Å². The quantitative estimate of drug-likeness (QED) is 0.696. The Morgan fingerprint density at radius 1 is 1.13 bits per heavy atom. The van der Waals surface area contributed by atoms with Gasteiger partial charge in [0.15, 0.2) is 0 Å². The van der Waals surface area contributed by atoms with E-state index in [0.29, 0.717) is 0 Å². The molecule has 3 heteroatoms. The summed E-state index contributed by atoms with van der Waals surface area (Å²) in [5, 5.41) is 1.22. The van der Waals surface area contributed by atoms with Gasteiger partial charge in [0.1, 0.15) is 11.3 Å². The average molecular weight is 224 g/mol. The highest BCUT2D eigenvalue weighted by molar-refractivity contribution is 5.85. The van der Waals surface area contributed by atoms with Gasteiger partial charge >= 0.3 is 0 Å². The second-order valence-corrected chi connectivity index (χ2v) is 3.97. The highest BCUT2D eigenvalue weighted by Crippen LogP contribution is 2.32. The minimum atomic E-state index is 0. The Morgan fingerprint density at radius 3 is 2.80 bits per heavy atom. The molecule has 0 saturated heterocycles. The van der Waals surface area contributed by atoms with E-state index < -0.39 is 0 Å². The first-order valence-electron chi connectivity index (χ1n) is 5.14. The van der Waals surface area contributed by atoms with Crippen LogP contribution in [0.5, 0.6) is 0 Å². The molecule has 0 atom stereocenters. The van der Waals surface area contributed by atoms with Crippen LogP contribution in [0.2, 0.25) is 0 Å². The monoisotopic (exact) mass is 223 g/mol. The summed E-state index contributed by atoms with van der Waals surface area (Å²) in [6, 6.07) is 5.91. The van der Waals surface area contributed by atoms with Gasteiger partial charge in [-0.05, 0) is 37.5 Å². The van der Waals surface area contributed by atoms with Crippen LogP contribution in [-0.4, -0.2) is 0 Å². The molecular formula is C12H14ClNO. The Kier molecular flexibility index (Phi) is 2.61. The first kappa shape index (κ1) is 10.4. The fraction of sp³-hybridized carbons (Fsp3) is 0.333. The molecule has 0 radical (unpaired) electrons. The van der Waals surface area contributed by atoms with E-state index in [1.807, 2.05) is 18.2 Å². The smallest absolute Gasteiger partial charge is 0.134 e. The molecule has 0 fully saturated rings. The van der Waals surface area contributed by atoms with Crippen LogP contribution in [0.25, 0.3) is 11.0 Å². The summed E-state index contributed by atoms with van der Waals surface area (Å²) in [6.07, 6.45) is 4.76.